The topological polar surface area (TPSA) is 80.3 Å². The van der Waals surface area contributed by atoms with Crippen LogP contribution >= 0.6 is 0 Å². The molecule has 0 spiro atoms. The number of benzene rings is 2. The van der Waals surface area contributed by atoms with E-state index in [2.05, 4.69) is 16.0 Å². The smallest absolute Gasteiger partial charge is 0.250 e. The number of nitrogens with zero attached hydrogens (tertiary/aromatic N) is 1. The second-order valence-electron chi connectivity index (χ2n) is 7.79. The molecule has 150 valence electrons. The van der Waals surface area contributed by atoms with Crippen molar-refractivity contribution in [3.63, 3.8) is 0 Å². The number of primary amides is 1. The van der Waals surface area contributed by atoms with Gasteiger partial charge in [-0.2, -0.15) is 0 Å². The second kappa shape index (κ2) is 8.43. The molecule has 0 bridgehead atoms. The number of anilines is 1. The molecular formula is C24H27N3O2. The fourth-order valence-corrected chi connectivity index (χ4v) is 4.12. The molecule has 0 aliphatic heterocycles. The van der Waals surface area contributed by atoms with E-state index in [0.29, 0.717) is 11.6 Å². The Labute approximate surface area is 171 Å². The van der Waals surface area contributed by atoms with Crippen LogP contribution in [0.4, 0.5) is 5.69 Å². The predicted molar refractivity (Wildman–Crippen MR) is 116 cm³/mol. The van der Waals surface area contributed by atoms with Gasteiger partial charge in [-0.3, -0.25) is 4.79 Å². The number of aromatic nitrogens is 1. The average molecular weight is 389 g/mol. The lowest BCUT2D eigenvalue weighted by Crippen LogP contribution is -2.24. The van der Waals surface area contributed by atoms with E-state index in [-0.39, 0.29) is 5.75 Å². The monoisotopic (exact) mass is 389 g/mol. The highest BCUT2D eigenvalue weighted by Crippen LogP contribution is 2.27. The van der Waals surface area contributed by atoms with Crippen LogP contribution in [-0.4, -0.2) is 21.6 Å². The third-order valence-electron chi connectivity index (χ3n) is 5.67. The minimum atomic E-state index is -0.410. The van der Waals surface area contributed by atoms with E-state index in [4.69, 9.17) is 5.73 Å². The van der Waals surface area contributed by atoms with Gasteiger partial charge < -0.3 is 20.7 Å². The summed E-state index contributed by atoms with van der Waals surface area (Å²) in [5, 5.41) is 13.1. The largest absolute Gasteiger partial charge is 0.508 e. The summed E-state index contributed by atoms with van der Waals surface area (Å²) in [6, 6.07) is 17.5. The van der Waals surface area contributed by atoms with Crippen LogP contribution in [0, 0.1) is 0 Å². The first kappa shape index (κ1) is 19.1. The van der Waals surface area contributed by atoms with Crippen molar-refractivity contribution >= 4 is 11.6 Å². The van der Waals surface area contributed by atoms with Crippen LogP contribution in [0.5, 0.6) is 5.75 Å². The van der Waals surface area contributed by atoms with Crippen molar-refractivity contribution in [3.8, 4) is 11.4 Å². The number of phenolic OH excluding ortho intramolecular Hbond substituents is 1. The van der Waals surface area contributed by atoms with Crippen LogP contribution in [0.3, 0.4) is 0 Å². The van der Waals surface area contributed by atoms with Crippen molar-refractivity contribution in [2.45, 2.75) is 44.6 Å². The van der Waals surface area contributed by atoms with Crippen LogP contribution < -0.4 is 11.1 Å². The summed E-state index contributed by atoms with van der Waals surface area (Å²) in [5.74, 6) is -0.142. The van der Waals surface area contributed by atoms with Crippen LogP contribution in [0.2, 0.25) is 0 Å². The molecule has 4 rings (SSSR count). The van der Waals surface area contributed by atoms with Crippen LogP contribution in [0.1, 0.15) is 53.7 Å². The van der Waals surface area contributed by atoms with Crippen molar-refractivity contribution in [1.29, 1.82) is 0 Å². The van der Waals surface area contributed by atoms with Crippen molar-refractivity contribution in [3.05, 3.63) is 77.6 Å². The summed E-state index contributed by atoms with van der Waals surface area (Å²) in [4.78, 5) is 12.0. The maximum Gasteiger partial charge on any atom is 0.250 e. The van der Waals surface area contributed by atoms with E-state index in [1.54, 1.807) is 12.1 Å². The lowest BCUT2D eigenvalue weighted by molar-refractivity contribution is 0.100. The van der Waals surface area contributed by atoms with Gasteiger partial charge in [0.2, 0.25) is 0 Å². The Morgan fingerprint density at radius 2 is 1.83 bits per heavy atom. The van der Waals surface area contributed by atoms with Gasteiger partial charge >= 0.3 is 0 Å². The Morgan fingerprint density at radius 1 is 1.07 bits per heavy atom. The normalized spacial score (nSPS) is 14.6. The third kappa shape index (κ3) is 4.45. The first-order valence-corrected chi connectivity index (χ1v) is 10.2. The Bertz CT molecular complexity index is 986. The summed E-state index contributed by atoms with van der Waals surface area (Å²) < 4.78 is 2.13. The molecule has 2 aromatic carbocycles. The average Bonchev–Trinajstić information content (AvgIpc) is 3.18. The molecule has 29 heavy (non-hydrogen) atoms. The number of nitrogens with one attached hydrogen (secondary N) is 1. The number of hydrogen-bond donors (Lipinski definition) is 3. The lowest BCUT2D eigenvalue weighted by Gasteiger charge is -2.25. The van der Waals surface area contributed by atoms with Crippen LogP contribution in [0.15, 0.2) is 60.8 Å². The van der Waals surface area contributed by atoms with Gasteiger partial charge in [-0.15, -0.1) is 0 Å². The van der Waals surface area contributed by atoms with Crippen molar-refractivity contribution in [1.82, 2.24) is 4.57 Å². The molecule has 4 N–H and O–H groups in total. The van der Waals surface area contributed by atoms with Crippen LogP contribution in [0.25, 0.3) is 5.69 Å². The molecule has 0 saturated heterocycles. The van der Waals surface area contributed by atoms with Crippen LogP contribution in [-0.2, 0) is 6.42 Å². The summed E-state index contributed by atoms with van der Waals surface area (Å²) in [6.07, 6.45) is 8.74. The van der Waals surface area contributed by atoms with Crippen molar-refractivity contribution in [2.24, 2.45) is 5.73 Å². The highest BCUT2D eigenvalue weighted by molar-refractivity contribution is 5.99. The van der Waals surface area contributed by atoms with E-state index >= 15 is 0 Å². The van der Waals surface area contributed by atoms with E-state index < -0.39 is 5.91 Å². The van der Waals surface area contributed by atoms with Gasteiger partial charge in [-0.25, -0.2) is 0 Å². The zero-order valence-corrected chi connectivity index (χ0v) is 16.5. The molecule has 1 aliphatic carbocycles. The Morgan fingerprint density at radius 3 is 2.55 bits per heavy atom. The van der Waals surface area contributed by atoms with Gasteiger partial charge in [0.15, 0.2) is 0 Å². The minimum Gasteiger partial charge on any atom is -0.508 e. The van der Waals surface area contributed by atoms with Gasteiger partial charge in [0.25, 0.3) is 5.91 Å². The second-order valence-corrected chi connectivity index (χ2v) is 7.79. The molecule has 0 radical (unpaired) electrons. The molecule has 1 saturated carbocycles. The fraction of sp³-hybridized carbons (Fsp3) is 0.292. The van der Waals surface area contributed by atoms with Gasteiger partial charge in [-0.05, 0) is 60.9 Å². The van der Waals surface area contributed by atoms with E-state index in [9.17, 15) is 9.90 Å². The Hall–Kier alpha value is -3.21. The van der Waals surface area contributed by atoms with E-state index in [0.717, 1.165) is 41.9 Å². The summed E-state index contributed by atoms with van der Waals surface area (Å²) >= 11 is 0. The van der Waals surface area contributed by atoms with Gasteiger partial charge in [0, 0.05) is 35.7 Å². The van der Waals surface area contributed by atoms with E-state index in [1.165, 1.54) is 19.3 Å². The fourth-order valence-electron chi connectivity index (χ4n) is 4.12. The Kier molecular flexibility index (Phi) is 5.56. The SMILES string of the molecule is NC(=O)c1ccc(-n2cccc2Cc2ccc(O)cc2)cc1NC1CCCCC1. The zero-order chi connectivity index (χ0) is 20.2. The molecular weight excluding hydrogens is 362 g/mol. The predicted octanol–water partition coefficient (Wildman–Crippen LogP) is 4.62. The number of nitrogens with two attached hydrogens (primary N) is 1. The van der Waals surface area contributed by atoms with Gasteiger partial charge in [-0.1, -0.05) is 31.4 Å². The number of phenols is 1. The number of hydrogen-bond acceptors (Lipinski definition) is 3. The van der Waals surface area contributed by atoms with Crippen molar-refractivity contribution in [2.75, 3.05) is 5.32 Å². The lowest BCUT2D eigenvalue weighted by atomic mass is 9.95. The first-order valence-electron chi connectivity index (χ1n) is 10.2. The number of rotatable bonds is 6. The molecule has 3 aromatic rings. The highest BCUT2D eigenvalue weighted by atomic mass is 16.3. The maximum absolute atomic E-state index is 12.0. The maximum atomic E-state index is 12.0. The molecule has 0 atom stereocenters. The van der Waals surface area contributed by atoms with Crippen molar-refractivity contribution < 1.29 is 9.90 Å². The quantitative estimate of drug-likeness (QED) is 0.576. The van der Waals surface area contributed by atoms with Gasteiger partial charge in [0.1, 0.15) is 5.75 Å². The van der Waals surface area contributed by atoms with Gasteiger partial charge in [0.05, 0.1) is 5.56 Å². The molecule has 1 aliphatic rings. The highest BCUT2D eigenvalue weighted by Gasteiger charge is 2.17. The Balaban J connectivity index is 1.63. The first-order chi connectivity index (χ1) is 14.1. The summed E-state index contributed by atoms with van der Waals surface area (Å²) in [7, 11) is 0. The third-order valence-corrected chi connectivity index (χ3v) is 5.67. The summed E-state index contributed by atoms with van der Waals surface area (Å²) in [5.41, 5.74) is 10.2. The summed E-state index contributed by atoms with van der Waals surface area (Å²) in [6.45, 7) is 0. The van der Waals surface area contributed by atoms with E-state index in [1.807, 2.05) is 42.6 Å². The number of aromatic hydroxyl groups is 1. The molecule has 1 heterocycles. The minimum absolute atomic E-state index is 0.268. The molecule has 1 aromatic heterocycles. The zero-order valence-electron chi connectivity index (χ0n) is 16.5. The molecule has 0 unspecified atom stereocenters. The number of amides is 1. The number of carbonyl (C=O) groups is 1. The molecule has 5 heteroatoms. The number of carbonyl (C=O) groups excluding carboxylic acids is 1. The molecule has 5 nitrogen and oxygen atoms in total. The standard InChI is InChI=1S/C24H27N3O2/c25-24(29)22-13-10-20(16-23(22)26-18-5-2-1-3-6-18)27-14-4-7-19(27)15-17-8-11-21(28)12-9-17/h4,7-14,16,18,26,28H,1-3,5-6,15H2,(H2,25,29). The molecule has 1 amide bonds. The molecule has 1 fully saturated rings.